The summed E-state index contributed by atoms with van der Waals surface area (Å²) in [5.41, 5.74) is 2.03. The molecule has 1 fully saturated rings. The van der Waals surface area contributed by atoms with Gasteiger partial charge in [-0.05, 0) is 43.6 Å². The third-order valence-electron chi connectivity index (χ3n) is 5.64. The zero-order valence-electron chi connectivity index (χ0n) is 19.4. The van der Waals surface area contributed by atoms with Crippen LogP contribution in [0.25, 0.3) is 0 Å². The van der Waals surface area contributed by atoms with Crippen LogP contribution in [0, 0.1) is 0 Å². The Labute approximate surface area is 210 Å². The minimum Gasteiger partial charge on any atom is -0.324 e. The molecule has 1 amide bonds. The molecule has 3 aromatic rings. The van der Waals surface area contributed by atoms with E-state index < -0.39 is 0 Å². The Kier molecular flexibility index (Phi) is 9.24. The van der Waals surface area contributed by atoms with Gasteiger partial charge >= 0.3 is 0 Å². The van der Waals surface area contributed by atoms with Gasteiger partial charge in [0.2, 0.25) is 5.91 Å². The molecule has 1 aromatic heterocycles. The van der Waals surface area contributed by atoms with Crippen LogP contribution in [0.5, 0.6) is 0 Å². The summed E-state index contributed by atoms with van der Waals surface area (Å²) in [5.74, 6) is 1.98. The van der Waals surface area contributed by atoms with Gasteiger partial charge < -0.3 is 9.88 Å². The van der Waals surface area contributed by atoms with E-state index in [1.54, 1.807) is 11.8 Å². The van der Waals surface area contributed by atoms with E-state index in [9.17, 15) is 4.79 Å². The SMILES string of the molecule is C=CCSc1ccccc1NC(=O)CSc1nnc(CN2CCCCC2)n1Cc1ccccc1. The van der Waals surface area contributed by atoms with Gasteiger partial charge in [-0.2, -0.15) is 0 Å². The number of thioether (sulfide) groups is 2. The van der Waals surface area contributed by atoms with Gasteiger partial charge in [-0.25, -0.2) is 0 Å². The zero-order chi connectivity index (χ0) is 23.6. The normalized spacial score (nSPS) is 14.1. The molecule has 4 rings (SSSR count). The summed E-state index contributed by atoms with van der Waals surface area (Å²) in [6.45, 7) is 7.47. The first kappa shape index (κ1) is 24.6. The predicted molar refractivity (Wildman–Crippen MR) is 141 cm³/mol. The molecule has 0 atom stereocenters. The van der Waals surface area contributed by atoms with Crippen LogP contribution in [0.2, 0.25) is 0 Å². The highest BCUT2D eigenvalue weighted by Crippen LogP contribution is 2.27. The van der Waals surface area contributed by atoms with Crippen LogP contribution in [0.4, 0.5) is 5.69 Å². The Hall–Kier alpha value is -2.55. The first-order valence-electron chi connectivity index (χ1n) is 11.7. The molecule has 2 aromatic carbocycles. The number of aromatic nitrogens is 3. The molecule has 0 saturated carbocycles. The number of nitrogens with zero attached hydrogens (tertiary/aromatic N) is 4. The van der Waals surface area contributed by atoms with Gasteiger partial charge in [0, 0.05) is 10.6 Å². The summed E-state index contributed by atoms with van der Waals surface area (Å²) < 4.78 is 2.16. The van der Waals surface area contributed by atoms with Gasteiger partial charge in [0.15, 0.2) is 5.16 Å². The quantitative estimate of drug-likeness (QED) is 0.288. The van der Waals surface area contributed by atoms with Crippen LogP contribution >= 0.6 is 23.5 Å². The lowest BCUT2D eigenvalue weighted by Crippen LogP contribution is -2.30. The standard InChI is InChI=1S/C26H31N5OS2/c1-2-17-33-23-14-8-7-13-22(23)27-25(32)20-34-26-29-28-24(19-30-15-9-4-10-16-30)31(26)18-21-11-5-3-6-12-21/h2-3,5-8,11-14H,1,4,9-10,15-20H2,(H,27,32). The molecular weight excluding hydrogens is 462 g/mol. The lowest BCUT2D eigenvalue weighted by molar-refractivity contribution is -0.113. The second kappa shape index (κ2) is 12.8. The largest absolute Gasteiger partial charge is 0.324 e. The number of nitrogens with one attached hydrogen (secondary N) is 1. The van der Waals surface area contributed by atoms with Crippen molar-refractivity contribution in [2.24, 2.45) is 0 Å². The summed E-state index contributed by atoms with van der Waals surface area (Å²) >= 11 is 3.09. The number of carbonyl (C=O) groups is 1. The van der Waals surface area contributed by atoms with E-state index in [4.69, 9.17) is 0 Å². The molecule has 1 aliphatic heterocycles. The van der Waals surface area contributed by atoms with Crippen molar-refractivity contribution >= 4 is 35.1 Å². The maximum absolute atomic E-state index is 12.8. The number of likely N-dealkylation sites (tertiary alicyclic amines) is 1. The van der Waals surface area contributed by atoms with E-state index in [-0.39, 0.29) is 11.7 Å². The van der Waals surface area contributed by atoms with Crippen LogP contribution in [-0.4, -0.2) is 50.2 Å². The average Bonchev–Trinajstić information content (AvgIpc) is 3.24. The van der Waals surface area contributed by atoms with Crippen molar-refractivity contribution in [3.63, 3.8) is 0 Å². The molecule has 1 aliphatic rings. The summed E-state index contributed by atoms with van der Waals surface area (Å²) in [7, 11) is 0. The van der Waals surface area contributed by atoms with Gasteiger partial charge in [0.1, 0.15) is 5.82 Å². The number of anilines is 1. The smallest absolute Gasteiger partial charge is 0.234 e. The zero-order valence-corrected chi connectivity index (χ0v) is 21.0. The fourth-order valence-corrected chi connectivity index (χ4v) is 5.45. The second-order valence-corrected chi connectivity index (χ2v) is 10.2. The average molecular weight is 494 g/mol. The lowest BCUT2D eigenvalue weighted by atomic mass is 10.1. The van der Waals surface area contributed by atoms with Crippen LogP contribution in [0.1, 0.15) is 30.7 Å². The van der Waals surface area contributed by atoms with Crippen LogP contribution in [-0.2, 0) is 17.9 Å². The van der Waals surface area contributed by atoms with Crippen molar-refractivity contribution in [3.8, 4) is 0 Å². The molecule has 0 spiro atoms. The van der Waals surface area contributed by atoms with Crippen molar-refractivity contribution in [1.29, 1.82) is 0 Å². The van der Waals surface area contributed by atoms with E-state index in [1.165, 1.54) is 36.6 Å². The minimum atomic E-state index is -0.0523. The molecule has 0 aliphatic carbocycles. The maximum atomic E-state index is 12.8. The van der Waals surface area contributed by atoms with Crippen LogP contribution in [0.15, 0.2) is 77.3 Å². The molecule has 1 saturated heterocycles. The maximum Gasteiger partial charge on any atom is 0.234 e. The first-order chi connectivity index (χ1) is 16.7. The Morgan fingerprint density at radius 1 is 0.971 bits per heavy atom. The fraction of sp³-hybridized carbons (Fsp3) is 0.346. The molecule has 0 bridgehead atoms. The fourth-order valence-electron chi connectivity index (χ4n) is 3.95. The van der Waals surface area contributed by atoms with E-state index >= 15 is 0 Å². The third kappa shape index (κ3) is 6.98. The van der Waals surface area contributed by atoms with Crippen molar-refractivity contribution in [2.75, 3.05) is 29.9 Å². The molecular formula is C26H31N5OS2. The van der Waals surface area contributed by atoms with Gasteiger partial charge in [-0.1, -0.05) is 66.7 Å². The molecule has 0 radical (unpaired) electrons. The highest BCUT2D eigenvalue weighted by atomic mass is 32.2. The first-order valence-corrected chi connectivity index (χ1v) is 13.6. The van der Waals surface area contributed by atoms with Gasteiger partial charge in [0.25, 0.3) is 0 Å². The number of benzene rings is 2. The summed E-state index contributed by atoms with van der Waals surface area (Å²) in [5, 5.41) is 12.8. The van der Waals surface area contributed by atoms with Gasteiger partial charge in [-0.3, -0.25) is 9.69 Å². The summed E-state index contributed by atoms with van der Waals surface area (Å²) in [4.78, 5) is 16.3. The molecule has 1 N–H and O–H groups in total. The predicted octanol–water partition coefficient (Wildman–Crippen LogP) is 5.32. The van der Waals surface area contributed by atoms with Gasteiger partial charge in [-0.15, -0.1) is 28.5 Å². The van der Waals surface area contributed by atoms with Crippen molar-refractivity contribution in [3.05, 3.63) is 78.6 Å². The molecule has 0 unspecified atom stereocenters. The van der Waals surface area contributed by atoms with Crippen LogP contribution < -0.4 is 5.32 Å². The van der Waals surface area contributed by atoms with Gasteiger partial charge in [0.05, 0.1) is 24.5 Å². The van der Waals surface area contributed by atoms with Crippen LogP contribution in [0.3, 0.4) is 0 Å². The monoisotopic (exact) mass is 493 g/mol. The molecule has 2 heterocycles. The van der Waals surface area contributed by atoms with E-state index in [1.807, 2.05) is 48.5 Å². The summed E-state index contributed by atoms with van der Waals surface area (Å²) in [6, 6.07) is 18.2. The number of rotatable bonds is 11. The Morgan fingerprint density at radius 2 is 1.74 bits per heavy atom. The second-order valence-electron chi connectivity index (χ2n) is 8.24. The molecule has 178 valence electrons. The van der Waals surface area contributed by atoms with Crippen molar-refractivity contribution in [1.82, 2.24) is 19.7 Å². The number of hydrogen-bond donors (Lipinski definition) is 1. The minimum absolute atomic E-state index is 0.0523. The van der Waals surface area contributed by atoms with E-state index in [0.717, 1.165) is 47.0 Å². The molecule has 8 heteroatoms. The van der Waals surface area contributed by atoms with E-state index in [2.05, 4.69) is 43.7 Å². The van der Waals surface area contributed by atoms with E-state index in [0.29, 0.717) is 6.54 Å². The summed E-state index contributed by atoms with van der Waals surface area (Å²) in [6.07, 6.45) is 5.64. The Morgan fingerprint density at radius 3 is 2.53 bits per heavy atom. The number of hydrogen-bond acceptors (Lipinski definition) is 6. The highest BCUT2D eigenvalue weighted by molar-refractivity contribution is 8.00. The topological polar surface area (TPSA) is 63.1 Å². The van der Waals surface area contributed by atoms with Crippen molar-refractivity contribution in [2.45, 2.75) is 42.4 Å². The third-order valence-corrected chi connectivity index (χ3v) is 7.68. The number of para-hydroxylation sites is 1. The molecule has 34 heavy (non-hydrogen) atoms. The number of piperidine rings is 1. The van der Waals surface area contributed by atoms with Crippen molar-refractivity contribution < 1.29 is 4.79 Å². The number of amides is 1. The Bertz CT molecular complexity index is 1080. The molecule has 6 nitrogen and oxygen atoms in total. The number of carbonyl (C=O) groups excluding carboxylic acids is 1. The highest BCUT2D eigenvalue weighted by Gasteiger charge is 2.19. The Balaban J connectivity index is 1.44. The lowest BCUT2D eigenvalue weighted by Gasteiger charge is -2.26.